The SMILES string of the molecule is C[C@]1(c2cc(Nc3nccc4nc(OCc5ccccn5)cnc34)cc(F)c2F)N=C(N)S[C@@]2(C(F)F)C[C@@H]12. The van der Waals surface area contributed by atoms with Crippen molar-refractivity contribution in [2.75, 3.05) is 5.32 Å². The summed E-state index contributed by atoms with van der Waals surface area (Å²) in [5, 5.41) is 2.87. The molecule has 8 nitrogen and oxygen atoms in total. The van der Waals surface area contributed by atoms with E-state index in [1.807, 2.05) is 12.1 Å². The van der Waals surface area contributed by atoms with Crippen LogP contribution in [0, 0.1) is 17.6 Å². The molecule has 0 bridgehead atoms. The second-order valence-corrected chi connectivity index (χ2v) is 10.9. The van der Waals surface area contributed by atoms with E-state index in [1.54, 1.807) is 18.3 Å². The van der Waals surface area contributed by atoms with Crippen LogP contribution in [0.2, 0.25) is 0 Å². The smallest absolute Gasteiger partial charge is 0.253 e. The first-order valence-corrected chi connectivity index (χ1v) is 12.7. The minimum absolute atomic E-state index is 0.0833. The number of alkyl halides is 2. The van der Waals surface area contributed by atoms with Crippen LogP contribution in [0.4, 0.5) is 29.1 Å². The van der Waals surface area contributed by atoms with Gasteiger partial charge in [0.25, 0.3) is 6.43 Å². The van der Waals surface area contributed by atoms with E-state index in [-0.39, 0.29) is 41.1 Å². The second-order valence-electron chi connectivity index (χ2n) is 9.50. The maximum atomic E-state index is 15.1. The van der Waals surface area contributed by atoms with Gasteiger partial charge in [-0.05, 0) is 37.6 Å². The standard InChI is InChI=1S/C26H21F4N7OS/c1-25(18-10-26(18,23(29)30)39-24(31)37-25)15-8-14(9-16(27)20(15)28)35-22-21-17(5-7-33-22)36-19(11-34-21)38-12-13-4-2-3-6-32-13/h2-9,11,18,23H,10,12H2,1H3,(H2,31,37)(H,33,35)/t18-,25+,26-/m0/s1. The molecule has 3 N–H and O–H groups in total. The number of ether oxygens (including phenoxy) is 1. The summed E-state index contributed by atoms with van der Waals surface area (Å²) in [6.07, 6.45) is 1.96. The van der Waals surface area contributed by atoms with Gasteiger partial charge in [-0.3, -0.25) is 9.98 Å². The molecule has 4 aromatic rings. The monoisotopic (exact) mass is 555 g/mol. The molecule has 0 unspecified atom stereocenters. The molecule has 0 spiro atoms. The Morgan fingerprint density at radius 2 is 2.00 bits per heavy atom. The molecule has 4 heterocycles. The van der Waals surface area contributed by atoms with Crippen LogP contribution in [0.25, 0.3) is 11.0 Å². The van der Waals surface area contributed by atoms with E-state index in [0.717, 1.165) is 23.5 Å². The Morgan fingerprint density at radius 3 is 2.77 bits per heavy atom. The van der Waals surface area contributed by atoms with Crippen LogP contribution in [0.5, 0.6) is 5.88 Å². The van der Waals surface area contributed by atoms with Crippen LogP contribution < -0.4 is 15.8 Å². The van der Waals surface area contributed by atoms with Crippen molar-refractivity contribution < 1.29 is 22.3 Å². The minimum Gasteiger partial charge on any atom is -0.470 e. The third-order valence-electron chi connectivity index (χ3n) is 7.01. The lowest BCUT2D eigenvalue weighted by atomic mass is 9.85. The Balaban J connectivity index is 1.31. The van der Waals surface area contributed by atoms with Crippen molar-refractivity contribution in [2.24, 2.45) is 16.6 Å². The number of fused-ring (bicyclic) bond motifs is 2. The molecule has 3 aromatic heterocycles. The van der Waals surface area contributed by atoms with Crippen LogP contribution in [-0.4, -0.2) is 36.3 Å². The van der Waals surface area contributed by atoms with Gasteiger partial charge >= 0.3 is 0 Å². The molecule has 0 radical (unpaired) electrons. The lowest BCUT2D eigenvalue weighted by molar-refractivity contribution is 0.123. The molecule has 1 fully saturated rings. The van der Waals surface area contributed by atoms with Crippen molar-refractivity contribution in [2.45, 2.75) is 36.7 Å². The number of aromatic nitrogens is 4. The summed E-state index contributed by atoms with van der Waals surface area (Å²) < 4.78 is 62.0. The number of thioether (sulfide) groups is 1. The first-order chi connectivity index (χ1) is 18.7. The molecule has 2 aliphatic rings. The minimum atomic E-state index is -2.69. The molecule has 1 aliphatic heterocycles. The lowest BCUT2D eigenvalue weighted by Gasteiger charge is -2.34. The first kappa shape index (κ1) is 25.3. The van der Waals surface area contributed by atoms with Crippen LogP contribution in [0.1, 0.15) is 24.6 Å². The summed E-state index contributed by atoms with van der Waals surface area (Å²) in [4.78, 5) is 21.6. The van der Waals surface area contributed by atoms with Gasteiger partial charge < -0.3 is 15.8 Å². The molecular formula is C26H21F4N7OS. The molecule has 13 heteroatoms. The topological polar surface area (TPSA) is 111 Å². The number of rotatable bonds is 7. The predicted molar refractivity (Wildman–Crippen MR) is 139 cm³/mol. The van der Waals surface area contributed by atoms with Crippen LogP contribution in [-0.2, 0) is 12.1 Å². The van der Waals surface area contributed by atoms with Gasteiger partial charge in [0, 0.05) is 35.6 Å². The van der Waals surface area contributed by atoms with Crippen LogP contribution >= 0.6 is 11.8 Å². The Hall–Kier alpha value is -4.00. The second kappa shape index (κ2) is 9.33. The van der Waals surface area contributed by atoms with E-state index < -0.39 is 34.3 Å². The van der Waals surface area contributed by atoms with Crippen LogP contribution in [0.15, 0.2) is 60.0 Å². The number of hydrogen-bond donors (Lipinski definition) is 2. The molecule has 0 saturated heterocycles. The summed E-state index contributed by atoms with van der Waals surface area (Å²) in [6, 6.07) is 9.40. The maximum Gasteiger partial charge on any atom is 0.253 e. The third kappa shape index (κ3) is 4.40. The summed E-state index contributed by atoms with van der Waals surface area (Å²) in [5.41, 5.74) is 5.90. The van der Waals surface area contributed by atoms with E-state index in [2.05, 4.69) is 30.2 Å². The highest BCUT2D eigenvalue weighted by molar-refractivity contribution is 8.15. The highest BCUT2D eigenvalue weighted by Crippen LogP contribution is 2.68. The summed E-state index contributed by atoms with van der Waals surface area (Å²) in [5.74, 6) is -2.54. The van der Waals surface area contributed by atoms with E-state index in [4.69, 9.17) is 10.5 Å². The van der Waals surface area contributed by atoms with Crippen molar-refractivity contribution in [1.29, 1.82) is 0 Å². The van der Waals surface area contributed by atoms with Gasteiger partial charge in [0.1, 0.15) is 12.1 Å². The number of nitrogens with zero attached hydrogens (tertiary/aromatic N) is 5. The molecule has 3 atom stereocenters. The summed E-state index contributed by atoms with van der Waals surface area (Å²) >= 11 is 0.796. The van der Waals surface area contributed by atoms with Crippen molar-refractivity contribution in [3.63, 3.8) is 0 Å². The number of anilines is 2. The number of benzene rings is 1. The van der Waals surface area contributed by atoms with Crippen LogP contribution in [0.3, 0.4) is 0 Å². The number of aliphatic imine (C=N–C) groups is 1. The zero-order valence-electron chi connectivity index (χ0n) is 20.4. The third-order valence-corrected chi connectivity index (χ3v) is 8.32. The molecule has 1 saturated carbocycles. The largest absolute Gasteiger partial charge is 0.470 e. The number of nitrogens with one attached hydrogen (secondary N) is 1. The van der Waals surface area contributed by atoms with Crippen molar-refractivity contribution in [1.82, 2.24) is 19.9 Å². The zero-order valence-corrected chi connectivity index (χ0v) is 21.2. The Kier molecular flexibility index (Phi) is 6.05. The maximum absolute atomic E-state index is 15.1. The fourth-order valence-electron chi connectivity index (χ4n) is 4.99. The van der Waals surface area contributed by atoms with Gasteiger partial charge in [-0.15, -0.1) is 0 Å². The van der Waals surface area contributed by atoms with E-state index in [0.29, 0.717) is 11.0 Å². The van der Waals surface area contributed by atoms with E-state index >= 15 is 4.39 Å². The molecule has 1 aromatic carbocycles. The Morgan fingerprint density at radius 1 is 1.15 bits per heavy atom. The highest BCUT2D eigenvalue weighted by Gasteiger charge is 2.71. The molecule has 39 heavy (non-hydrogen) atoms. The van der Waals surface area contributed by atoms with E-state index in [1.165, 1.54) is 25.4 Å². The van der Waals surface area contributed by atoms with Gasteiger partial charge in [0.2, 0.25) is 5.88 Å². The highest BCUT2D eigenvalue weighted by atomic mass is 32.2. The molecule has 6 rings (SSSR count). The fourth-order valence-corrected chi connectivity index (χ4v) is 6.33. The number of halogens is 4. The quantitative estimate of drug-likeness (QED) is 0.295. The van der Waals surface area contributed by atoms with E-state index in [9.17, 15) is 13.2 Å². The number of amidine groups is 1. The van der Waals surface area contributed by atoms with Crippen molar-refractivity contribution >= 4 is 39.5 Å². The lowest BCUT2D eigenvalue weighted by Crippen LogP contribution is -2.39. The first-order valence-electron chi connectivity index (χ1n) is 11.9. The van der Waals surface area contributed by atoms with Gasteiger partial charge in [-0.1, -0.05) is 17.8 Å². The van der Waals surface area contributed by atoms with Gasteiger partial charge in [0.15, 0.2) is 22.6 Å². The number of hydrogen-bond acceptors (Lipinski definition) is 9. The average Bonchev–Trinajstić information content (AvgIpc) is 3.67. The molecule has 200 valence electrons. The van der Waals surface area contributed by atoms with Gasteiger partial charge in [-0.25, -0.2) is 32.5 Å². The fraction of sp³-hybridized carbons (Fsp3) is 0.269. The molecule has 0 amide bonds. The average molecular weight is 556 g/mol. The van der Waals surface area contributed by atoms with Gasteiger partial charge in [0.05, 0.1) is 27.7 Å². The number of pyridine rings is 2. The molecular weight excluding hydrogens is 534 g/mol. The Labute approximate surface area is 224 Å². The number of nitrogens with two attached hydrogens (primary N) is 1. The zero-order chi connectivity index (χ0) is 27.4. The normalized spacial score (nSPS) is 23.8. The summed E-state index contributed by atoms with van der Waals surface area (Å²) in [6.45, 7) is 1.71. The van der Waals surface area contributed by atoms with Crippen molar-refractivity contribution in [3.8, 4) is 5.88 Å². The Bertz CT molecular complexity index is 1610. The van der Waals surface area contributed by atoms with Crippen molar-refractivity contribution in [3.05, 3.63) is 77.9 Å². The molecule has 1 aliphatic carbocycles. The van der Waals surface area contributed by atoms with Gasteiger partial charge in [-0.2, -0.15) is 0 Å². The summed E-state index contributed by atoms with van der Waals surface area (Å²) in [7, 11) is 0. The predicted octanol–water partition coefficient (Wildman–Crippen LogP) is 5.32.